The van der Waals surface area contributed by atoms with Crippen LogP contribution >= 0.6 is 0 Å². The molecule has 1 aliphatic rings. The van der Waals surface area contributed by atoms with E-state index in [0.717, 1.165) is 12.8 Å². The van der Waals surface area contributed by atoms with Gasteiger partial charge in [0.05, 0.1) is 12.4 Å². The fourth-order valence-electron chi connectivity index (χ4n) is 1.61. The van der Waals surface area contributed by atoms with Crippen molar-refractivity contribution in [2.75, 3.05) is 25.5 Å². The van der Waals surface area contributed by atoms with Crippen molar-refractivity contribution >= 4 is 15.9 Å². The number of oxime groups is 1. The average molecular weight is 279 g/mol. The van der Waals surface area contributed by atoms with Crippen molar-refractivity contribution in [2.45, 2.75) is 32.2 Å². The largest absolute Gasteiger partial charge is 0.409 e. The lowest BCUT2D eigenvalue weighted by atomic mass is 10.4. The zero-order chi connectivity index (χ0) is 13.6. The fourth-order valence-corrected chi connectivity index (χ4v) is 3.21. The molecular formula is C10H21N3O4S. The van der Waals surface area contributed by atoms with Crippen LogP contribution in [0.3, 0.4) is 0 Å². The summed E-state index contributed by atoms with van der Waals surface area (Å²) in [4.78, 5) is 0. The first-order valence-electron chi connectivity index (χ1n) is 6.05. The van der Waals surface area contributed by atoms with E-state index in [4.69, 9.17) is 15.7 Å². The third-order valence-corrected chi connectivity index (χ3v) is 4.60. The minimum absolute atomic E-state index is 0.0203. The molecule has 0 heterocycles. The summed E-state index contributed by atoms with van der Waals surface area (Å²) in [6.07, 6.45) is 1.99. The Bertz CT molecular complexity index is 379. The van der Waals surface area contributed by atoms with Gasteiger partial charge in [-0.05, 0) is 19.8 Å². The van der Waals surface area contributed by atoms with Crippen LogP contribution in [0.1, 0.15) is 26.2 Å². The van der Waals surface area contributed by atoms with Gasteiger partial charge in [0.15, 0.2) is 0 Å². The molecule has 0 radical (unpaired) electrons. The quantitative estimate of drug-likeness (QED) is 0.202. The lowest BCUT2D eigenvalue weighted by molar-refractivity contribution is 0.162. The lowest BCUT2D eigenvalue weighted by Gasteiger charge is -2.21. The molecule has 8 heteroatoms. The number of nitrogens with two attached hydrogens (primary N) is 1. The van der Waals surface area contributed by atoms with E-state index in [0.29, 0.717) is 6.61 Å². The van der Waals surface area contributed by atoms with Crippen molar-refractivity contribution < 1.29 is 18.4 Å². The molecule has 18 heavy (non-hydrogen) atoms. The maximum Gasteiger partial charge on any atom is 0.216 e. The summed E-state index contributed by atoms with van der Waals surface area (Å²) in [6, 6.07) is 0.0723. The van der Waals surface area contributed by atoms with E-state index in [9.17, 15) is 8.42 Å². The first-order valence-corrected chi connectivity index (χ1v) is 7.65. The zero-order valence-corrected chi connectivity index (χ0v) is 11.4. The molecule has 0 aromatic heterocycles. The van der Waals surface area contributed by atoms with Crippen LogP contribution in [0.15, 0.2) is 5.16 Å². The van der Waals surface area contributed by atoms with Crippen LogP contribution < -0.4 is 5.73 Å². The van der Waals surface area contributed by atoms with Gasteiger partial charge in [-0.3, -0.25) is 0 Å². The number of sulfonamides is 1. The highest BCUT2D eigenvalue weighted by molar-refractivity contribution is 7.89. The first kappa shape index (κ1) is 15.2. The van der Waals surface area contributed by atoms with Crippen molar-refractivity contribution in [1.82, 2.24) is 4.31 Å². The van der Waals surface area contributed by atoms with Crippen molar-refractivity contribution in [3.63, 3.8) is 0 Å². The molecule has 0 aliphatic heterocycles. The molecule has 1 aliphatic carbocycles. The Morgan fingerprint density at radius 3 is 2.72 bits per heavy atom. The summed E-state index contributed by atoms with van der Waals surface area (Å²) in [5, 5.41) is 11.3. The van der Waals surface area contributed by atoms with Crippen molar-refractivity contribution in [2.24, 2.45) is 10.9 Å². The molecule has 1 saturated carbocycles. The van der Waals surface area contributed by atoms with Gasteiger partial charge >= 0.3 is 0 Å². The van der Waals surface area contributed by atoms with Gasteiger partial charge in [-0.2, -0.15) is 4.31 Å². The van der Waals surface area contributed by atoms with Gasteiger partial charge in [0.2, 0.25) is 10.0 Å². The van der Waals surface area contributed by atoms with Gasteiger partial charge in [0.25, 0.3) is 0 Å². The third-order valence-electron chi connectivity index (χ3n) is 2.72. The highest BCUT2D eigenvalue weighted by Gasteiger charge is 2.36. The van der Waals surface area contributed by atoms with Crippen molar-refractivity contribution in [3.8, 4) is 0 Å². The highest BCUT2D eigenvalue weighted by Crippen LogP contribution is 2.29. The molecule has 0 saturated heterocycles. The monoisotopic (exact) mass is 279 g/mol. The molecule has 0 atom stereocenters. The molecule has 3 N–H and O–H groups in total. The predicted octanol–water partition coefficient (Wildman–Crippen LogP) is -0.0464. The second kappa shape index (κ2) is 6.91. The Hall–Kier alpha value is -0.860. The summed E-state index contributed by atoms with van der Waals surface area (Å²) in [5.74, 6) is 0.0220. The van der Waals surface area contributed by atoms with Gasteiger partial charge in [0, 0.05) is 25.6 Å². The van der Waals surface area contributed by atoms with Crippen molar-refractivity contribution in [1.29, 1.82) is 0 Å². The Labute approximate surface area is 108 Å². The van der Waals surface area contributed by atoms with E-state index >= 15 is 0 Å². The zero-order valence-electron chi connectivity index (χ0n) is 10.6. The minimum Gasteiger partial charge on any atom is -0.409 e. The minimum atomic E-state index is -3.32. The van der Waals surface area contributed by atoms with E-state index in [1.165, 1.54) is 4.31 Å². The van der Waals surface area contributed by atoms with E-state index in [1.807, 2.05) is 6.92 Å². The summed E-state index contributed by atoms with van der Waals surface area (Å²) < 4.78 is 30.7. The molecule has 1 fully saturated rings. The number of hydrogen-bond acceptors (Lipinski definition) is 5. The second-order valence-electron chi connectivity index (χ2n) is 4.20. The Morgan fingerprint density at radius 1 is 1.56 bits per heavy atom. The molecular weight excluding hydrogens is 258 g/mol. The Morgan fingerprint density at radius 2 is 2.22 bits per heavy atom. The van der Waals surface area contributed by atoms with E-state index < -0.39 is 10.0 Å². The third kappa shape index (κ3) is 4.79. The van der Waals surface area contributed by atoms with Crippen LogP contribution in [0.4, 0.5) is 0 Å². The number of hydrogen-bond donors (Lipinski definition) is 2. The molecule has 0 aromatic carbocycles. The smallest absolute Gasteiger partial charge is 0.216 e. The maximum absolute atomic E-state index is 12.1. The first-order chi connectivity index (χ1) is 8.51. The summed E-state index contributed by atoms with van der Waals surface area (Å²) in [5.41, 5.74) is 5.36. The van der Waals surface area contributed by atoms with Crippen LogP contribution in [-0.2, 0) is 14.8 Å². The van der Waals surface area contributed by atoms with Crippen LogP contribution in [0, 0.1) is 0 Å². The molecule has 0 amide bonds. The standard InChI is InChI=1S/C10H21N3O4S/c1-2-17-7-8-18(15,16)13(9-3-4-9)6-5-10(11)12-14/h9,14H,2-8H2,1H3,(H2,11,12). The molecule has 0 aromatic rings. The normalized spacial score (nSPS) is 17.3. The van der Waals surface area contributed by atoms with E-state index in [1.54, 1.807) is 0 Å². The van der Waals surface area contributed by atoms with Crippen molar-refractivity contribution in [3.05, 3.63) is 0 Å². The molecule has 0 spiro atoms. The number of nitrogens with zero attached hydrogens (tertiary/aromatic N) is 2. The van der Waals surface area contributed by atoms with Gasteiger partial charge in [-0.15, -0.1) is 0 Å². The molecule has 7 nitrogen and oxygen atoms in total. The SMILES string of the molecule is CCOCCS(=O)(=O)N(CCC(N)=NO)C1CC1. The maximum atomic E-state index is 12.1. The number of ether oxygens (including phenoxy) is 1. The summed E-state index contributed by atoms with van der Waals surface area (Å²) in [6.45, 7) is 2.79. The highest BCUT2D eigenvalue weighted by atomic mass is 32.2. The van der Waals surface area contributed by atoms with E-state index in [-0.39, 0.29) is 37.2 Å². The van der Waals surface area contributed by atoms with Crippen LogP contribution in [-0.4, -0.2) is 55.3 Å². The second-order valence-corrected chi connectivity index (χ2v) is 6.24. The number of amidine groups is 1. The fraction of sp³-hybridized carbons (Fsp3) is 0.900. The van der Waals surface area contributed by atoms with Crippen LogP contribution in [0.25, 0.3) is 0 Å². The van der Waals surface area contributed by atoms with Gasteiger partial charge in [0.1, 0.15) is 5.84 Å². The molecule has 0 bridgehead atoms. The molecule has 0 unspecified atom stereocenters. The lowest BCUT2D eigenvalue weighted by Crippen LogP contribution is -2.38. The van der Waals surface area contributed by atoms with Gasteiger partial charge in [-0.1, -0.05) is 5.16 Å². The molecule has 1 rings (SSSR count). The van der Waals surface area contributed by atoms with Crippen LogP contribution in [0.5, 0.6) is 0 Å². The molecule has 106 valence electrons. The summed E-state index contributed by atoms with van der Waals surface area (Å²) >= 11 is 0. The average Bonchev–Trinajstić information content (AvgIpc) is 3.13. The van der Waals surface area contributed by atoms with Gasteiger partial charge in [-0.25, -0.2) is 8.42 Å². The van der Waals surface area contributed by atoms with Gasteiger partial charge < -0.3 is 15.7 Å². The van der Waals surface area contributed by atoms with E-state index in [2.05, 4.69) is 5.16 Å². The van der Waals surface area contributed by atoms with Crippen LogP contribution in [0.2, 0.25) is 0 Å². The Balaban J connectivity index is 2.54. The Kier molecular flexibility index (Phi) is 5.83. The number of rotatable bonds is 9. The summed E-state index contributed by atoms with van der Waals surface area (Å²) in [7, 11) is -3.32. The topological polar surface area (TPSA) is 105 Å². The predicted molar refractivity (Wildman–Crippen MR) is 68.0 cm³/mol.